The van der Waals surface area contributed by atoms with Crippen molar-refractivity contribution < 1.29 is 4.74 Å². The van der Waals surface area contributed by atoms with Gasteiger partial charge in [-0.15, -0.1) is 0 Å². The monoisotopic (exact) mass is 257 g/mol. The van der Waals surface area contributed by atoms with Crippen LogP contribution < -0.4 is 10.5 Å². The van der Waals surface area contributed by atoms with E-state index in [1.165, 1.54) is 0 Å². The number of nitrogens with zero attached hydrogens (tertiary/aromatic N) is 2. The first-order chi connectivity index (χ1) is 9.10. The minimum Gasteiger partial charge on any atom is -0.496 e. The molecule has 1 aromatic carbocycles. The zero-order chi connectivity index (χ0) is 13.8. The number of rotatable bonds is 4. The fourth-order valence-corrected chi connectivity index (χ4v) is 2.00. The third-order valence-electron chi connectivity index (χ3n) is 2.79. The van der Waals surface area contributed by atoms with Crippen molar-refractivity contribution in [1.82, 2.24) is 9.97 Å². The molecule has 1 aromatic heterocycles. The Balaban J connectivity index is 2.47. The van der Waals surface area contributed by atoms with Crippen molar-refractivity contribution >= 4 is 0 Å². The molecule has 100 valence electrons. The molecule has 0 saturated heterocycles. The second-order valence-corrected chi connectivity index (χ2v) is 4.69. The van der Waals surface area contributed by atoms with E-state index in [0.29, 0.717) is 6.42 Å². The summed E-state index contributed by atoms with van der Waals surface area (Å²) in [5.74, 6) is 1.59. The third-order valence-corrected chi connectivity index (χ3v) is 2.79. The van der Waals surface area contributed by atoms with Crippen molar-refractivity contribution in [1.29, 1.82) is 0 Å². The van der Waals surface area contributed by atoms with Crippen LogP contribution in [0.4, 0.5) is 0 Å². The van der Waals surface area contributed by atoms with E-state index >= 15 is 0 Å². The van der Waals surface area contributed by atoms with Gasteiger partial charge < -0.3 is 10.5 Å². The Hall–Kier alpha value is -1.94. The molecule has 4 heteroatoms. The van der Waals surface area contributed by atoms with E-state index in [1.807, 2.05) is 44.2 Å². The summed E-state index contributed by atoms with van der Waals surface area (Å²) in [6.45, 7) is 3.92. The number of nitrogens with two attached hydrogens (primary N) is 1. The van der Waals surface area contributed by atoms with Gasteiger partial charge in [-0.1, -0.05) is 12.1 Å². The Bertz CT molecular complexity index is 567. The van der Waals surface area contributed by atoms with Crippen molar-refractivity contribution in [3.63, 3.8) is 0 Å². The van der Waals surface area contributed by atoms with Crippen LogP contribution in [-0.4, -0.2) is 23.1 Å². The molecule has 1 unspecified atom stereocenters. The molecule has 2 N–H and O–H groups in total. The molecule has 1 heterocycles. The van der Waals surface area contributed by atoms with E-state index in [4.69, 9.17) is 10.5 Å². The van der Waals surface area contributed by atoms with Crippen LogP contribution in [0.3, 0.4) is 0 Å². The van der Waals surface area contributed by atoms with Crippen molar-refractivity contribution in [2.45, 2.75) is 26.3 Å². The fourth-order valence-electron chi connectivity index (χ4n) is 2.00. The number of hydrogen-bond donors (Lipinski definition) is 1. The first kappa shape index (κ1) is 13.5. The van der Waals surface area contributed by atoms with Gasteiger partial charge >= 0.3 is 0 Å². The van der Waals surface area contributed by atoms with Gasteiger partial charge in [-0.05, 0) is 32.0 Å². The molecule has 0 radical (unpaired) electrons. The molecule has 4 nitrogen and oxygen atoms in total. The van der Waals surface area contributed by atoms with Crippen molar-refractivity contribution in [2.75, 3.05) is 7.11 Å². The minimum atomic E-state index is 0.0484. The van der Waals surface area contributed by atoms with Crippen LogP contribution in [0.25, 0.3) is 11.3 Å². The lowest BCUT2D eigenvalue weighted by molar-refractivity contribution is 0.416. The summed E-state index contributed by atoms with van der Waals surface area (Å²) in [6, 6.07) is 9.85. The molecule has 0 aliphatic rings. The van der Waals surface area contributed by atoms with Crippen LogP contribution in [-0.2, 0) is 6.42 Å². The number of aryl methyl sites for hydroxylation is 1. The Labute approximate surface area is 113 Å². The number of benzene rings is 1. The molecule has 0 saturated carbocycles. The summed E-state index contributed by atoms with van der Waals surface area (Å²) in [6.07, 6.45) is 0.670. The Morgan fingerprint density at radius 3 is 2.68 bits per heavy atom. The van der Waals surface area contributed by atoms with E-state index in [-0.39, 0.29) is 6.04 Å². The average molecular weight is 257 g/mol. The summed E-state index contributed by atoms with van der Waals surface area (Å²) in [7, 11) is 1.66. The zero-order valence-corrected chi connectivity index (χ0v) is 11.6. The molecule has 0 aliphatic carbocycles. The van der Waals surface area contributed by atoms with E-state index in [9.17, 15) is 0 Å². The highest BCUT2D eigenvalue weighted by Gasteiger charge is 2.10. The molecular weight excluding hydrogens is 238 g/mol. The summed E-state index contributed by atoms with van der Waals surface area (Å²) in [4.78, 5) is 9.00. The molecule has 0 aliphatic heterocycles. The predicted molar refractivity (Wildman–Crippen MR) is 76.1 cm³/mol. The summed E-state index contributed by atoms with van der Waals surface area (Å²) in [5.41, 5.74) is 8.60. The molecule has 2 rings (SSSR count). The molecule has 19 heavy (non-hydrogen) atoms. The molecule has 1 atom stereocenters. The van der Waals surface area contributed by atoms with Crippen molar-refractivity contribution in [2.24, 2.45) is 5.73 Å². The summed E-state index contributed by atoms with van der Waals surface area (Å²) >= 11 is 0. The number of para-hydroxylation sites is 1. The van der Waals surface area contributed by atoms with Gasteiger partial charge in [0, 0.05) is 23.7 Å². The predicted octanol–water partition coefficient (Wildman–Crippen LogP) is 2.35. The highest BCUT2D eigenvalue weighted by molar-refractivity contribution is 5.67. The van der Waals surface area contributed by atoms with Crippen LogP contribution in [0, 0.1) is 6.92 Å². The molecular formula is C15H19N3O. The maximum atomic E-state index is 5.81. The van der Waals surface area contributed by atoms with E-state index in [2.05, 4.69) is 9.97 Å². The number of methoxy groups -OCH3 is 1. The Morgan fingerprint density at radius 1 is 1.26 bits per heavy atom. The molecule has 0 bridgehead atoms. The lowest BCUT2D eigenvalue weighted by atomic mass is 10.1. The van der Waals surface area contributed by atoms with Crippen LogP contribution in [0.5, 0.6) is 5.75 Å². The molecule has 2 aromatic rings. The van der Waals surface area contributed by atoms with Crippen LogP contribution in [0.1, 0.15) is 18.4 Å². The van der Waals surface area contributed by atoms with Crippen LogP contribution in [0.2, 0.25) is 0 Å². The summed E-state index contributed by atoms with van der Waals surface area (Å²) in [5, 5.41) is 0. The topological polar surface area (TPSA) is 61.0 Å². The van der Waals surface area contributed by atoms with Gasteiger partial charge in [-0.25, -0.2) is 9.97 Å². The second kappa shape index (κ2) is 5.80. The van der Waals surface area contributed by atoms with Gasteiger partial charge in [0.1, 0.15) is 11.6 Å². The van der Waals surface area contributed by atoms with Gasteiger partial charge in [0.2, 0.25) is 0 Å². The van der Waals surface area contributed by atoms with Gasteiger partial charge in [0.15, 0.2) is 0 Å². The van der Waals surface area contributed by atoms with Gasteiger partial charge in [0.05, 0.1) is 12.8 Å². The van der Waals surface area contributed by atoms with Gasteiger partial charge in [-0.2, -0.15) is 0 Å². The largest absolute Gasteiger partial charge is 0.496 e. The SMILES string of the molecule is COc1ccccc1-c1cc(C)nc(CC(C)N)n1. The van der Waals surface area contributed by atoms with Gasteiger partial charge in [0.25, 0.3) is 0 Å². The van der Waals surface area contributed by atoms with Gasteiger partial charge in [-0.3, -0.25) is 0 Å². The molecule has 0 amide bonds. The highest BCUT2D eigenvalue weighted by atomic mass is 16.5. The standard InChI is InChI=1S/C15H19N3O/c1-10(16)8-15-17-11(2)9-13(18-15)12-6-4-5-7-14(12)19-3/h4-7,9-10H,8,16H2,1-3H3. The first-order valence-electron chi connectivity index (χ1n) is 6.33. The Morgan fingerprint density at radius 2 is 2.00 bits per heavy atom. The van der Waals surface area contributed by atoms with Crippen molar-refractivity contribution in [3.8, 4) is 17.0 Å². The van der Waals surface area contributed by atoms with E-state index < -0.39 is 0 Å². The normalized spacial score (nSPS) is 12.2. The highest BCUT2D eigenvalue weighted by Crippen LogP contribution is 2.28. The lowest BCUT2D eigenvalue weighted by Crippen LogP contribution is -2.19. The quantitative estimate of drug-likeness (QED) is 0.913. The van der Waals surface area contributed by atoms with E-state index in [1.54, 1.807) is 7.11 Å². The lowest BCUT2D eigenvalue weighted by Gasteiger charge is -2.10. The van der Waals surface area contributed by atoms with Crippen LogP contribution in [0.15, 0.2) is 30.3 Å². The summed E-state index contributed by atoms with van der Waals surface area (Å²) < 4.78 is 5.38. The number of aromatic nitrogens is 2. The first-order valence-corrected chi connectivity index (χ1v) is 6.33. The van der Waals surface area contributed by atoms with E-state index in [0.717, 1.165) is 28.5 Å². The number of ether oxygens (including phenoxy) is 1. The maximum Gasteiger partial charge on any atom is 0.130 e. The fraction of sp³-hybridized carbons (Fsp3) is 0.333. The van der Waals surface area contributed by atoms with Crippen molar-refractivity contribution in [3.05, 3.63) is 41.9 Å². The molecule has 0 spiro atoms. The smallest absolute Gasteiger partial charge is 0.130 e. The zero-order valence-electron chi connectivity index (χ0n) is 11.6. The van der Waals surface area contributed by atoms with Crippen LogP contribution >= 0.6 is 0 Å². The second-order valence-electron chi connectivity index (χ2n) is 4.69. The average Bonchev–Trinajstić information content (AvgIpc) is 2.37. The number of hydrogen-bond acceptors (Lipinski definition) is 4. The molecule has 0 fully saturated rings. The Kier molecular flexibility index (Phi) is 4.12. The maximum absolute atomic E-state index is 5.81. The third kappa shape index (κ3) is 3.29. The minimum absolute atomic E-state index is 0.0484.